The summed E-state index contributed by atoms with van der Waals surface area (Å²) in [4.78, 5) is 5.74. The summed E-state index contributed by atoms with van der Waals surface area (Å²) in [6, 6.07) is 14.8. The summed E-state index contributed by atoms with van der Waals surface area (Å²) < 4.78 is 1.92. The molecule has 0 aliphatic rings. The lowest BCUT2D eigenvalue weighted by Gasteiger charge is -2.05. The van der Waals surface area contributed by atoms with Crippen molar-refractivity contribution in [2.24, 2.45) is 0 Å². The summed E-state index contributed by atoms with van der Waals surface area (Å²) in [5.74, 6) is 0.916. The smallest absolute Gasteiger partial charge is 0.122 e. The summed E-state index contributed by atoms with van der Waals surface area (Å²) in [5.41, 5.74) is 4.74. The van der Waals surface area contributed by atoms with Crippen LogP contribution in [0.4, 0.5) is 0 Å². The van der Waals surface area contributed by atoms with E-state index in [2.05, 4.69) is 64.9 Å². The van der Waals surface area contributed by atoms with E-state index in [1.165, 1.54) is 16.0 Å². The molecule has 0 unspecified atom stereocenters. The van der Waals surface area contributed by atoms with Gasteiger partial charge in [0, 0.05) is 18.1 Å². The fourth-order valence-electron chi connectivity index (χ4n) is 2.47. The largest absolute Gasteiger partial charge is 0.246 e. The van der Waals surface area contributed by atoms with E-state index < -0.39 is 0 Å². The second-order valence-corrected chi connectivity index (χ2v) is 7.20. The molecule has 0 bridgehead atoms. The number of nitrogens with zero attached hydrogens (tertiary/aromatic N) is 3. The highest BCUT2D eigenvalue weighted by Crippen LogP contribution is 2.30. The van der Waals surface area contributed by atoms with Crippen molar-refractivity contribution < 1.29 is 0 Å². The van der Waals surface area contributed by atoms with Crippen LogP contribution in [0.2, 0.25) is 0 Å². The van der Waals surface area contributed by atoms with E-state index in [1.54, 1.807) is 23.1 Å². The number of aromatic nitrogens is 3. The molecule has 4 aromatic rings. The van der Waals surface area contributed by atoms with Crippen molar-refractivity contribution in [1.82, 2.24) is 14.6 Å². The molecule has 23 heavy (non-hydrogen) atoms. The molecule has 0 atom stereocenters. The van der Waals surface area contributed by atoms with Gasteiger partial charge in [0.2, 0.25) is 0 Å². The number of fused-ring (bicyclic) bond motifs is 1. The van der Waals surface area contributed by atoms with Crippen LogP contribution in [0.5, 0.6) is 0 Å². The molecule has 0 saturated heterocycles. The fraction of sp³-hybridized carbons (Fsp3) is 0.111. The van der Waals surface area contributed by atoms with E-state index in [0.717, 1.165) is 22.0 Å². The average molecular weight is 337 g/mol. The Balaban J connectivity index is 1.66. The Labute approximate surface area is 143 Å². The maximum absolute atomic E-state index is 4.66. The number of aryl methyl sites for hydroxylation is 1. The van der Waals surface area contributed by atoms with Gasteiger partial charge in [-0.3, -0.25) is 0 Å². The number of thioether (sulfide) groups is 1. The average Bonchev–Trinajstić information content (AvgIpc) is 3.23. The van der Waals surface area contributed by atoms with Crippen LogP contribution in [0.15, 0.2) is 65.3 Å². The van der Waals surface area contributed by atoms with E-state index in [0.29, 0.717) is 0 Å². The second kappa shape index (κ2) is 6.18. The molecular formula is C18H15N3S2. The number of hydrogen-bond donors (Lipinski definition) is 0. The lowest BCUT2D eigenvalue weighted by molar-refractivity contribution is 0.921. The van der Waals surface area contributed by atoms with E-state index >= 15 is 0 Å². The van der Waals surface area contributed by atoms with Crippen molar-refractivity contribution in [2.75, 3.05) is 0 Å². The molecule has 0 spiro atoms. The zero-order chi connectivity index (χ0) is 15.6. The van der Waals surface area contributed by atoms with Gasteiger partial charge in [-0.2, -0.15) is 5.10 Å². The predicted molar refractivity (Wildman–Crippen MR) is 97.0 cm³/mol. The molecule has 0 fully saturated rings. The minimum atomic E-state index is 0.916. The highest BCUT2D eigenvalue weighted by Gasteiger charge is 2.10. The van der Waals surface area contributed by atoms with Gasteiger partial charge in [-0.1, -0.05) is 42.1 Å². The van der Waals surface area contributed by atoms with Gasteiger partial charge in [0.25, 0.3) is 0 Å². The van der Waals surface area contributed by atoms with Crippen LogP contribution in [0.25, 0.3) is 16.1 Å². The van der Waals surface area contributed by atoms with Gasteiger partial charge in [-0.25, -0.2) is 9.50 Å². The Morgan fingerprint density at radius 2 is 2.09 bits per heavy atom. The van der Waals surface area contributed by atoms with Crippen LogP contribution < -0.4 is 0 Å². The molecule has 4 rings (SSSR count). The van der Waals surface area contributed by atoms with Gasteiger partial charge in [0.15, 0.2) is 0 Å². The van der Waals surface area contributed by atoms with Crippen molar-refractivity contribution in [2.45, 2.75) is 17.7 Å². The van der Waals surface area contributed by atoms with E-state index in [4.69, 9.17) is 0 Å². The normalized spacial score (nSPS) is 11.2. The van der Waals surface area contributed by atoms with Gasteiger partial charge in [0.05, 0.1) is 10.4 Å². The number of thiophene rings is 1. The molecule has 0 aliphatic carbocycles. The van der Waals surface area contributed by atoms with Crippen LogP contribution in [0, 0.1) is 6.92 Å². The van der Waals surface area contributed by atoms with Crippen LogP contribution in [-0.4, -0.2) is 14.6 Å². The van der Waals surface area contributed by atoms with Gasteiger partial charge in [0.1, 0.15) is 10.7 Å². The van der Waals surface area contributed by atoms with Crippen LogP contribution in [-0.2, 0) is 5.75 Å². The third-order valence-electron chi connectivity index (χ3n) is 3.75. The molecule has 3 heterocycles. The van der Waals surface area contributed by atoms with Gasteiger partial charge >= 0.3 is 0 Å². The number of benzene rings is 1. The molecule has 114 valence electrons. The number of rotatable bonds is 4. The summed E-state index contributed by atoms with van der Waals surface area (Å²) >= 11 is 3.47. The van der Waals surface area contributed by atoms with Crippen molar-refractivity contribution in [3.8, 4) is 10.6 Å². The predicted octanol–water partition coefficient (Wildman–Crippen LogP) is 5.06. The molecule has 1 aromatic carbocycles. The molecule has 5 heteroatoms. The van der Waals surface area contributed by atoms with Gasteiger partial charge in [-0.15, -0.1) is 11.3 Å². The molecule has 0 aliphatic heterocycles. The standard InChI is InChI=1S/C18H15N3S2/c1-13-5-2-3-6-14(13)12-23-18-16-11-15(17-7-4-10-22-17)20-21(16)9-8-19-18/h2-11H,12H2,1H3. The number of hydrogen-bond acceptors (Lipinski definition) is 4. The maximum atomic E-state index is 4.66. The van der Waals surface area contributed by atoms with E-state index in [-0.39, 0.29) is 0 Å². The van der Waals surface area contributed by atoms with Crippen molar-refractivity contribution in [3.05, 3.63) is 71.4 Å². The van der Waals surface area contributed by atoms with Crippen molar-refractivity contribution in [1.29, 1.82) is 0 Å². The zero-order valence-corrected chi connectivity index (χ0v) is 14.3. The molecule has 0 radical (unpaired) electrons. The third kappa shape index (κ3) is 2.90. The summed E-state index contributed by atoms with van der Waals surface area (Å²) in [6.07, 6.45) is 3.72. The fourth-order valence-corrected chi connectivity index (χ4v) is 4.21. The quantitative estimate of drug-likeness (QED) is 0.488. The van der Waals surface area contributed by atoms with Crippen LogP contribution in [0.1, 0.15) is 11.1 Å². The Morgan fingerprint density at radius 3 is 2.91 bits per heavy atom. The van der Waals surface area contributed by atoms with Crippen LogP contribution >= 0.6 is 23.1 Å². The zero-order valence-electron chi connectivity index (χ0n) is 12.6. The molecule has 3 aromatic heterocycles. The third-order valence-corrected chi connectivity index (χ3v) is 5.69. The first-order valence-corrected chi connectivity index (χ1v) is 9.23. The monoisotopic (exact) mass is 337 g/mol. The summed E-state index contributed by atoms with van der Waals surface area (Å²) in [6.45, 7) is 2.15. The van der Waals surface area contributed by atoms with Crippen molar-refractivity contribution in [3.63, 3.8) is 0 Å². The van der Waals surface area contributed by atoms with Crippen molar-refractivity contribution >= 4 is 28.6 Å². The molecule has 0 amide bonds. The first-order chi connectivity index (χ1) is 11.3. The Kier molecular flexibility index (Phi) is 3.89. The first-order valence-electron chi connectivity index (χ1n) is 7.37. The maximum Gasteiger partial charge on any atom is 0.122 e. The summed E-state index contributed by atoms with van der Waals surface area (Å²) in [5, 5.41) is 7.76. The minimum Gasteiger partial charge on any atom is -0.246 e. The molecule has 3 nitrogen and oxygen atoms in total. The van der Waals surface area contributed by atoms with Crippen LogP contribution in [0.3, 0.4) is 0 Å². The minimum absolute atomic E-state index is 0.916. The van der Waals surface area contributed by atoms with E-state index in [9.17, 15) is 0 Å². The molecule has 0 N–H and O–H groups in total. The lowest BCUT2D eigenvalue weighted by Crippen LogP contribution is -1.92. The molecule has 0 saturated carbocycles. The summed E-state index contributed by atoms with van der Waals surface area (Å²) in [7, 11) is 0. The molecular weight excluding hydrogens is 322 g/mol. The Hall–Kier alpha value is -2.11. The highest BCUT2D eigenvalue weighted by molar-refractivity contribution is 7.98. The Bertz CT molecular complexity index is 942. The topological polar surface area (TPSA) is 30.2 Å². The Morgan fingerprint density at radius 1 is 1.17 bits per heavy atom. The SMILES string of the molecule is Cc1ccccc1CSc1nccn2nc(-c3cccs3)cc12. The second-order valence-electron chi connectivity index (χ2n) is 5.28. The lowest BCUT2D eigenvalue weighted by atomic mass is 10.1. The first kappa shape index (κ1) is 14.5. The van der Waals surface area contributed by atoms with E-state index in [1.807, 2.05) is 16.9 Å². The highest BCUT2D eigenvalue weighted by atomic mass is 32.2. The van der Waals surface area contributed by atoms with Gasteiger partial charge < -0.3 is 0 Å². The van der Waals surface area contributed by atoms with Gasteiger partial charge in [-0.05, 0) is 35.6 Å².